The highest BCUT2D eigenvalue weighted by Gasteiger charge is 2.38. The van der Waals surface area contributed by atoms with Gasteiger partial charge in [-0.05, 0) is 77.5 Å². The Morgan fingerprint density at radius 2 is 1.90 bits per heavy atom. The summed E-state index contributed by atoms with van der Waals surface area (Å²) in [6.45, 7) is 5.51. The maximum Gasteiger partial charge on any atom is 0.236 e. The molecule has 2 aliphatic rings. The molecule has 3 N–H and O–H groups in total. The number of carbonyl (C=O) groups is 3. The van der Waals surface area contributed by atoms with Gasteiger partial charge in [0.15, 0.2) is 0 Å². The highest BCUT2D eigenvalue weighted by molar-refractivity contribution is 6.05. The summed E-state index contributed by atoms with van der Waals surface area (Å²) >= 11 is 0. The standard InChI is InChI=1S/C22H38N4O3/c1-17-16-21(28)26(22(17)29)19-10-8-18(9-11-19)6-3-7-20(27)25-15-5-14-24-13-4-12-23-2/h10,17-18,23-24H,3-9,11-16H2,1-2H3,(H,25,27). The molecule has 2 atom stereocenters. The van der Waals surface area contributed by atoms with E-state index in [1.807, 2.05) is 14.0 Å². The van der Waals surface area contributed by atoms with Crippen molar-refractivity contribution in [2.45, 2.75) is 64.7 Å². The molecule has 164 valence electrons. The van der Waals surface area contributed by atoms with Crippen LogP contribution in [-0.2, 0) is 14.4 Å². The largest absolute Gasteiger partial charge is 0.356 e. The summed E-state index contributed by atoms with van der Waals surface area (Å²) in [6, 6.07) is 0. The number of rotatable bonds is 13. The van der Waals surface area contributed by atoms with Gasteiger partial charge in [-0.15, -0.1) is 0 Å². The molecule has 0 spiro atoms. The van der Waals surface area contributed by atoms with Crippen LogP contribution in [0, 0.1) is 11.8 Å². The van der Waals surface area contributed by atoms with Crippen LogP contribution >= 0.6 is 0 Å². The Hall–Kier alpha value is -1.73. The second kappa shape index (κ2) is 12.8. The minimum atomic E-state index is -0.186. The summed E-state index contributed by atoms with van der Waals surface area (Å²) in [5.74, 6) is 0.378. The van der Waals surface area contributed by atoms with Crippen LogP contribution < -0.4 is 16.0 Å². The van der Waals surface area contributed by atoms with Crippen LogP contribution in [0.5, 0.6) is 0 Å². The van der Waals surface area contributed by atoms with Gasteiger partial charge in [-0.2, -0.15) is 0 Å². The average molecular weight is 407 g/mol. The number of nitrogens with zero attached hydrogens (tertiary/aromatic N) is 1. The first-order chi connectivity index (χ1) is 14.0. The molecule has 1 heterocycles. The summed E-state index contributed by atoms with van der Waals surface area (Å²) in [5, 5.41) is 9.48. The van der Waals surface area contributed by atoms with Gasteiger partial charge in [-0.25, -0.2) is 0 Å². The fourth-order valence-electron chi connectivity index (χ4n) is 4.02. The SMILES string of the molecule is CNCCCNCCCNC(=O)CCCC1CC=C(N2C(=O)CC(C)C2=O)CC1. The Labute approximate surface area is 175 Å². The fraction of sp³-hybridized carbons (Fsp3) is 0.773. The Kier molecular flexibility index (Phi) is 10.4. The van der Waals surface area contributed by atoms with E-state index in [0.29, 0.717) is 18.8 Å². The highest BCUT2D eigenvalue weighted by Crippen LogP contribution is 2.32. The molecule has 7 heteroatoms. The van der Waals surface area contributed by atoms with Crippen molar-refractivity contribution in [1.29, 1.82) is 0 Å². The molecule has 0 saturated carbocycles. The molecule has 1 fully saturated rings. The van der Waals surface area contributed by atoms with Crippen molar-refractivity contribution in [1.82, 2.24) is 20.9 Å². The van der Waals surface area contributed by atoms with E-state index in [2.05, 4.69) is 22.0 Å². The summed E-state index contributed by atoms with van der Waals surface area (Å²) in [6.07, 6.45) is 9.60. The number of imide groups is 1. The molecular weight excluding hydrogens is 368 g/mol. The first-order valence-corrected chi connectivity index (χ1v) is 11.2. The van der Waals surface area contributed by atoms with Crippen LogP contribution in [0.15, 0.2) is 11.8 Å². The van der Waals surface area contributed by atoms with Crippen molar-refractivity contribution in [3.05, 3.63) is 11.8 Å². The maximum atomic E-state index is 12.1. The second-order valence-electron chi connectivity index (χ2n) is 8.31. The lowest BCUT2D eigenvalue weighted by atomic mass is 9.88. The van der Waals surface area contributed by atoms with Gasteiger partial charge in [-0.3, -0.25) is 19.3 Å². The normalized spacial score (nSPS) is 22.1. The van der Waals surface area contributed by atoms with Crippen molar-refractivity contribution in [2.24, 2.45) is 11.8 Å². The topological polar surface area (TPSA) is 90.5 Å². The second-order valence-corrected chi connectivity index (χ2v) is 8.31. The van der Waals surface area contributed by atoms with Gasteiger partial charge in [0.05, 0.1) is 0 Å². The number of amides is 3. The van der Waals surface area contributed by atoms with Crippen LogP contribution in [-0.4, -0.2) is 55.8 Å². The molecule has 2 unspecified atom stereocenters. The summed E-state index contributed by atoms with van der Waals surface area (Å²) in [7, 11) is 1.96. The van der Waals surface area contributed by atoms with Crippen molar-refractivity contribution in [3.63, 3.8) is 0 Å². The lowest BCUT2D eigenvalue weighted by Crippen LogP contribution is -2.31. The van der Waals surface area contributed by atoms with Crippen LogP contribution in [0.3, 0.4) is 0 Å². The van der Waals surface area contributed by atoms with Gasteiger partial charge in [0.1, 0.15) is 0 Å². The third-order valence-corrected chi connectivity index (χ3v) is 5.80. The Bertz CT molecular complexity index is 591. The third-order valence-electron chi connectivity index (χ3n) is 5.80. The molecule has 1 aliphatic carbocycles. The molecule has 0 radical (unpaired) electrons. The van der Waals surface area contributed by atoms with Crippen LogP contribution in [0.2, 0.25) is 0 Å². The Morgan fingerprint density at radius 3 is 2.52 bits per heavy atom. The Balaban J connectivity index is 1.53. The number of likely N-dealkylation sites (tertiary alicyclic amines) is 1. The average Bonchev–Trinajstić information content (AvgIpc) is 2.96. The summed E-state index contributed by atoms with van der Waals surface area (Å²) in [5.41, 5.74) is 0.887. The van der Waals surface area contributed by atoms with E-state index in [1.54, 1.807) is 0 Å². The maximum absolute atomic E-state index is 12.1. The molecule has 1 saturated heterocycles. The third kappa shape index (κ3) is 7.90. The molecule has 2 rings (SSSR count). The van der Waals surface area contributed by atoms with E-state index in [-0.39, 0.29) is 23.6 Å². The van der Waals surface area contributed by atoms with Crippen molar-refractivity contribution < 1.29 is 14.4 Å². The van der Waals surface area contributed by atoms with Gasteiger partial charge in [0, 0.05) is 31.0 Å². The molecule has 7 nitrogen and oxygen atoms in total. The lowest BCUT2D eigenvalue weighted by Gasteiger charge is -2.26. The van der Waals surface area contributed by atoms with E-state index < -0.39 is 0 Å². The first-order valence-electron chi connectivity index (χ1n) is 11.2. The predicted octanol–water partition coefficient (Wildman–Crippen LogP) is 1.94. The minimum absolute atomic E-state index is 0.0514. The summed E-state index contributed by atoms with van der Waals surface area (Å²) in [4.78, 5) is 37.5. The van der Waals surface area contributed by atoms with E-state index in [9.17, 15) is 14.4 Å². The van der Waals surface area contributed by atoms with Crippen molar-refractivity contribution in [3.8, 4) is 0 Å². The molecular formula is C22H38N4O3. The van der Waals surface area contributed by atoms with E-state index in [1.165, 1.54) is 4.90 Å². The molecule has 0 aromatic heterocycles. The number of hydrogen-bond donors (Lipinski definition) is 3. The van der Waals surface area contributed by atoms with Crippen LogP contribution in [0.1, 0.15) is 64.7 Å². The van der Waals surface area contributed by atoms with Gasteiger partial charge in [0.25, 0.3) is 0 Å². The van der Waals surface area contributed by atoms with Crippen LogP contribution in [0.4, 0.5) is 0 Å². The number of hydrogen-bond acceptors (Lipinski definition) is 5. The monoisotopic (exact) mass is 406 g/mol. The fourth-order valence-corrected chi connectivity index (χ4v) is 4.02. The van der Waals surface area contributed by atoms with Crippen molar-refractivity contribution >= 4 is 17.7 Å². The predicted molar refractivity (Wildman–Crippen MR) is 114 cm³/mol. The van der Waals surface area contributed by atoms with Crippen LogP contribution in [0.25, 0.3) is 0 Å². The zero-order valence-corrected chi connectivity index (χ0v) is 18.1. The molecule has 0 bridgehead atoms. The zero-order valence-electron chi connectivity index (χ0n) is 18.1. The lowest BCUT2D eigenvalue weighted by molar-refractivity contribution is -0.137. The van der Waals surface area contributed by atoms with E-state index in [4.69, 9.17) is 0 Å². The summed E-state index contributed by atoms with van der Waals surface area (Å²) < 4.78 is 0. The highest BCUT2D eigenvalue weighted by atomic mass is 16.2. The van der Waals surface area contributed by atoms with Gasteiger partial charge in [0.2, 0.25) is 17.7 Å². The van der Waals surface area contributed by atoms with Gasteiger partial charge >= 0.3 is 0 Å². The number of nitrogens with one attached hydrogen (secondary N) is 3. The number of allylic oxidation sites excluding steroid dienone is 2. The Morgan fingerprint density at radius 1 is 1.14 bits per heavy atom. The van der Waals surface area contributed by atoms with E-state index >= 15 is 0 Å². The quantitative estimate of drug-likeness (QED) is 0.321. The molecule has 0 aromatic carbocycles. The zero-order chi connectivity index (χ0) is 21.1. The smallest absolute Gasteiger partial charge is 0.236 e. The minimum Gasteiger partial charge on any atom is -0.356 e. The van der Waals surface area contributed by atoms with E-state index in [0.717, 1.165) is 76.8 Å². The molecule has 1 aliphatic heterocycles. The first kappa shape index (κ1) is 23.5. The number of carbonyl (C=O) groups excluding carboxylic acids is 3. The van der Waals surface area contributed by atoms with Gasteiger partial charge in [-0.1, -0.05) is 13.0 Å². The molecule has 3 amide bonds. The molecule has 29 heavy (non-hydrogen) atoms. The van der Waals surface area contributed by atoms with Gasteiger partial charge < -0.3 is 16.0 Å². The molecule has 0 aromatic rings. The van der Waals surface area contributed by atoms with Crippen molar-refractivity contribution in [2.75, 3.05) is 33.2 Å².